The van der Waals surface area contributed by atoms with E-state index >= 15 is 0 Å². The summed E-state index contributed by atoms with van der Waals surface area (Å²) in [6.45, 7) is 6.46. The number of carbonyl (C=O) groups excluding carboxylic acids is 1. The minimum Gasteiger partial charge on any atom is -0.394 e. The zero-order chi connectivity index (χ0) is 20.2. The Hall–Kier alpha value is -2.29. The molecule has 0 spiro atoms. The van der Waals surface area contributed by atoms with E-state index in [-0.39, 0.29) is 0 Å². The second kappa shape index (κ2) is 12.2. The number of hydrogen-bond donors (Lipinski definition) is 0. The van der Waals surface area contributed by atoms with Crippen molar-refractivity contribution in [2.75, 3.05) is 0 Å². The molecule has 2 aromatic rings. The number of ether oxygens (including phenoxy) is 2. The van der Waals surface area contributed by atoms with Crippen molar-refractivity contribution in [3.05, 3.63) is 59.2 Å². The lowest BCUT2D eigenvalue weighted by Gasteiger charge is -2.15. The van der Waals surface area contributed by atoms with Gasteiger partial charge in [-0.15, -0.1) is 0 Å². The minimum atomic E-state index is -0.664. The molecular formula is C25H34O3. The van der Waals surface area contributed by atoms with E-state index in [0.717, 1.165) is 43.2 Å². The number of carbonyl (C=O) groups is 1. The Balaban J connectivity index is 2.15. The van der Waals surface area contributed by atoms with E-state index in [2.05, 4.69) is 19.9 Å². The van der Waals surface area contributed by atoms with Crippen LogP contribution >= 0.6 is 0 Å². The van der Waals surface area contributed by atoms with Gasteiger partial charge in [-0.25, -0.2) is 4.79 Å². The summed E-state index contributed by atoms with van der Waals surface area (Å²) < 4.78 is 11.2. The minimum absolute atomic E-state index is 0.571. The Labute approximate surface area is 170 Å². The first-order valence-corrected chi connectivity index (χ1v) is 10.8. The van der Waals surface area contributed by atoms with Gasteiger partial charge in [0.2, 0.25) is 0 Å². The standard InChI is InChI=1S/C25H34O3/c1-4-7-9-15-21-16-13-19-24(22(21)17-10-8-5-2)28-25(26)27-23-18-12-11-14-20(23)6-3/h11-14,16,18-19H,4-10,15,17H2,1-3H3. The SMILES string of the molecule is CCCCCc1cccc(OC(=O)Oc2ccccc2CC)c1CCCCC. The van der Waals surface area contributed by atoms with Crippen LogP contribution in [0.15, 0.2) is 42.5 Å². The summed E-state index contributed by atoms with van der Waals surface area (Å²) in [4.78, 5) is 12.5. The van der Waals surface area contributed by atoms with Crippen LogP contribution in [0, 0.1) is 0 Å². The number of para-hydroxylation sites is 1. The van der Waals surface area contributed by atoms with Gasteiger partial charge in [0.05, 0.1) is 0 Å². The molecule has 0 aliphatic rings. The summed E-state index contributed by atoms with van der Waals surface area (Å²) in [5.41, 5.74) is 3.45. The number of benzene rings is 2. The van der Waals surface area contributed by atoms with Gasteiger partial charge >= 0.3 is 6.16 Å². The van der Waals surface area contributed by atoms with E-state index in [1.165, 1.54) is 31.2 Å². The predicted octanol–water partition coefficient (Wildman–Crippen LogP) is 7.29. The van der Waals surface area contributed by atoms with Crippen molar-refractivity contribution in [1.82, 2.24) is 0 Å². The molecule has 0 unspecified atom stereocenters. The summed E-state index contributed by atoms with van der Waals surface area (Å²) in [5.74, 6) is 1.21. The molecule has 0 heterocycles. The smallest absolute Gasteiger partial charge is 0.394 e. The van der Waals surface area contributed by atoms with Crippen LogP contribution in [-0.2, 0) is 19.3 Å². The average Bonchev–Trinajstić information content (AvgIpc) is 2.70. The fourth-order valence-electron chi connectivity index (χ4n) is 3.44. The van der Waals surface area contributed by atoms with Crippen molar-refractivity contribution >= 4 is 6.16 Å². The molecule has 0 aliphatic heterocycles. The molecular weight excluding hydrogens is 348 g/mol. The van der Waals surface area contributed by atoms with Crippen molar-refractivity contribution < 1.29 is 14.3 Å². The van der Waals surface area contributed by atoms with Crippen molar-refractivity contribution in [2.24, 2.45) is 0 Å². The highest BCUT2D eigenvalue weighted by Crippen LogP contribution is 2.27. The van der Waals surface area contributed by atoms with Crippen LogP contribution in [0.1, 0.15) is 76.0 Å². The zero-order valence-electron chi connectivity index (χ0n) is 17.6. The highest BCUT2D eigenvalue weighted by atomic mass is 16.7. The second-order valence-electron chi connectivity index (χ2n) is 7.22. The van der Waals surface area contributed by atoms with Gasteiger partial charge < -0.3 is 9.47 Å². The van der Waals surface area contributed by atoms with Crippen LogP contribution in [-0.4, -0.2) is 6.16 Å². The first kappa shape index (κ1) is 22.0. The van der Waals surface area contributed by atoms with Crippen molar-refractivity contribution in [3.63, 3.8) is 0 Å². The summed E-state index contributed by atoms with van der Waals surface area (Å²) in [5, 5.41) is 0. The Kier molecular flexibility index (Phi) is 9.61. The molecule has 0 aliphatic carbocycles. The third-order valence-corrected chi connectivity index (χ3v) is 5.05. The van der Waals surface area contributed by atoms with Crippen molar-refractivity contribution in [3.8, 4) is 11.5 Å². The van der Waals surface area contributed by atoms with Gasteiger partial charge in [0.15, 0.2) is 0 Å². The molecule has 0 saturated carbocycles. The monoisotopic (exact) mass is 382 g/mol. The Bertz CT molecular complexity index is 736. The summed E-state index contributed by atoms with van der Waals surface area (Å²) >= 11 is 0. The molecule has 0 fully saturated rings. The van der Waals surface area contributed by atoms with Gasteiger partial charge in [-0.2, -0.15) is 0 Å². The number of hydrogen-bond acceptors (Lipinski definition) is 3. The lowest BCUT2D eigenvalue weighted by molar-refractivity contribution is 0.151. The van der Waals surface area contributed by atoms with Crippen LogP contribution in [0.5, 0.6) is 11.5 Å². The normalized spacial score (nSPS) is 10.7. The largest absolute Gasteiger partial charge is 0.519 e. The molecule has 0 amide bonds. The quantitative estimate of drug-likeness (QED) is 0.232. The van der Waals surface area contributed by atoms with Gasteiger partial charge in [0.1, 0.15) is 11.5 Å². The topological polar surface area (TPSA) is 35.5 Å². The van der Waals surface area contributed by atoms with Crippen LogP contribution in [0.4, 0.5) is 4.79 Å². The van der Waals surface area contributed by atoms with Gasteiger partial charge in [0, 0.05) is 0 Å². The number of unbranched alkanes of at least 4 members (excludes halogenated alkanes) is 4. The molecule has 28 heavy (non-hydrogen) atoms. The lowest BCUT2D eigenvalue weighted by Crippen LogP contribution is -2.16. The Morgan fingerprint density at radius 2 is 1.32 bits per heavy atom. The van der Waals surface area contributed by atoms with Crippen LogP contribution in [0.25, 0.3) is 0 Å². The van der Waals surface area contributed by atoms with Crippen molar-refractivity contribution in [2.45, 2.75) is 78.6 Å². The Morgan fingerprint density at radius 1 is 0.714 bits per heavy atom. The number of aryl methyl sites for hydroxylation is 2. The van der Waals surface area contributed by atoms with Crippen LogP contribution in [0.2, 0.25) is 0 Å². The zero-order valence-corrected chi connectivity index (χ0v) is 17.6. The highest BCUT2D eigenvalue weighted by Gasteiger charge is 2.15. The third kappa shape index (κ3) is 6.70. The molecule has 3 heteroatoms. The van der Waals surface area contributed by atoms with E-state index in [9.17, 15) is 4.79 Å². The molecule has 2 aromatic carbocycles. The molecule has 0 bridgehead atoms. The summed E-state index contributed by atoms with van der Waals surface area (Å²) in [6, 6.07) is 13.6. The van der Waals surface area contributed by atoms with E-state index in [1.54, 1.807) is 0 Å². The Morgan fingerprint density at radius 3 is 2.04 bits per heavy atom. The van der Waals surface area contributed by atoms with E-state index in [4.69, 9.17) is 9.47 Å². The van der Waals surface area contributed by atoms with Gasteiger partial charge in [-0.05, 0) is 60.9 Å². The van der Waals surface area contributed by atoms with E-state index in [1.807, 2.05) is 43.3 Å². The number of rotatable bonds is 11. The van der Waals surface area contributed by atoms with E-state index < -0.39 is 6.16 Å². The predicted molar refractivity (Wildman–Crippen MR) is 115 cm³/mol. The summed E-state index contributed by atoms with van der Waals surface area (Å²) in [7, 11) is 0. The first-order chi connectivity index (χ1) is 13.7. The lowest BCUT2D eigenvalue weighted by atomic mass is 9.96. The van der Waals surface area contributed by atoms with Crippen LogP contribution in [0.3, 0.4) is 0 Å². The fraction of sp³-hybridized carbons (Fsp3) is 0.480. The highest BCUT2D eigenvalue weighted by molar-refractivity contribution is 5.68. The van der Waals surface area contributed by atoms with Crippen LogP contribution < -0.4 is 9.47 Å². The van der Waals surface area contributed by atoms with Crippen molar-refractivity contribution in [1.29, 1.82) is 0 Å². The van der Waals surface area contributed by atoms with Gasteiger partial charge in [0.25, 0.3) is 0 Å². The molecule has 0 atom stereocenters. The molecule has 152 valence electrons. The van der Waals surface area contributed by atoms with Gasteiger partial charge in [-0.3, -0.25) is 0 Å². The fourth-order valence-corrected chi connectivity index (χ4v) is 3.44. The molecule has 3 nitrogen and oxygen atoms in total. The third-order valence-electron chi connectivity index (χ3n) is 5.05. The first-order valence-electron chi connectivity index (χ1n) is 10.8. The molecule has 0 aromatic heterocycles. The summed E-state index contributed by atoms with van der Waals surface area (Å²) in [6.07, 6.45) is 9.13. The molecule has 0 N–H and O–H groups in total. The second-order valence-corrected chi connectivity index (χ2v) is 7.22. The maximum Gasteiger partial charge on any atom is 0.519 e. The average molecular weight is 383 g/mol. The molecule has 2 rings (SSSR count). The van der Waals surface area contributed by atoms with E-state index in [0.29, 0.717) is 11.5 Å². The van der Waals surface area contributed by atoms with Gasteiger partial charge in [-0.1, -0.05) is 76.8 Å². The molecule has 0 radical (unpaired) electrons. The molecule has 0 saturated heterocycles. The maximum absolute atomic E-state index is 12.5. The maximum atomic E-state index is 12.5.